The molecular weight excluding hydrogens is 388 g/mol. The number of nitrogens with zero attached hydrogens (tertiary/aromatic N) is 6. The maximum Gasteiger partial charge on any atom is 0.225 e. The zero-order valence-electron chi connectivity index (χ0n) is 17.3. The van der Waals surface area contributed by atoms with Gasteiger partial charge in [-0.1, -0.05) is 42.5 Å². The first kappa shape index (κ1) is 19.4. The van der Waals surface area contributed by atoms with Gasteiger partial charge in [-0.3, -0.25) is 4.79 Å². The molecule has 1 fully saturated rings. The number of piperazine rings is 1. The first-order valence-corrected chi connectivity index (χ1v) is 10.7. The highest BCUT2D eigenvalue weighted by Gasteiger charge is 2.27. The van der Waals surface area contributed by atoms with E-state index in [1.807, 2.05) is 24.3 Å². The maximum atomic E-state index is 12.6. The molecular formula is C24H24N6O. The van der Waals surface area contributed by atoms with Gasteiger partial charge in [-0.25, -0.2) is 19.9 Å². The smallest absolute Gasteiger partial charge is 0.225 e. The van der Waals surface area contributed by atoms with Crippen molar-refractivity contribution < 1.29 is 4.79 Å². The van der Waals surface area contributed by atoms with Gasteiger partial charge in [-0.2, -0.15) is 0 Å². The minimum Gasteiger partial charge on any atom is -0.337 e. The van der Waals surface area contributed by atoms with Crippen LogP contribution >= 0.6 is 0 Å². The van der Waals surface area contributed by atoms with Gasteiger partial charge >= 0.3 is 0 Å². The van der Waals surface area contributed by atoms with E-state index in [2.05, 4.69) is 49.0 Å². The molecule has 0 amide bonds. The van der Waals surface area contributed by atoms with Crippen LogP contribution in [0.15, 0.2) is 61.1 Å². The fourth-order valence-corrected chi connectivity index (χ4v) is 4.12. The van der Waals surface area contributed by atoms with Crippen LogP contribution in [-0.4, -0.2) is 51.9 Å². The van der Waals surface area contributed by atoms with Crippen molar-refractivity contribution >= 4 is 23.8 Å². The van der Waals surface area contributed by atoms with Gasteiger partial charge in [0.15, 0.2) is 5.78 Å². The fourth-order valence-electron chi connectivity index (χ4n) is 4.12. The molecule has 0 saturated carbocycles. The molecule has 1 atom stereocenters. The van der Waals surface area contributed by atoms with Crippen LogP contribution in [0.4, 0.5) is 11.9 Å². The Morgan fingerprint density at radius 3 is 2.29 bits per heavy atom. The van der Waals surface area contributed by atoms with Crippen LogP contribution in [-0.2, 0) is 6.42 Å². The van der Waals surface area contributed by atoms with Crippen LogP contribution in [0, 0.1) is 5.92 Å². The number of carbonyl (C=O) groups is 1. The second-order valence-corrected chi connectivity index (χ2v) is 7.91. The molecule has 7 nitrogen and oxygen atoms in total. The summed E-state index contributed by atoms with van der Waals surface area (Å²) in [6.07, 6.45) is 10.7. The SMILES string of the molecule is O=C1CC(/C=C/c2ccccc2)Cc2nc(N3CCN(c4ncccn4)CC3)ncc21. The third-order valence-corrected chi connectivity index (χ3v) is 5.82. The van der Waals surface area contributed by atoms with E-state index >= 15 is 0 Å². The van der Waals surface area contributed by atoms with E-state index < -0.39 is 0 Å². The molecule has 2 aliphatic rings. The van der Waals surface area contributed by atoms with Gasteiger partial charge in [0.2, 0.25) is 11.9 Å². The highest BCUT2D eigenvalue weighted by Crippen LogP contribution is 2.27. The largest absolute Gasteiger partial charge is 0.337 e. The minimum absolute atomic E-state index is 0.126. The Morgan fingerprint density at radius 1 is 0.839 bits per heavy atom. The topological polar surface area (TPSA) is 75.1 Å². The highest BCUT2D eigenvalue weighted by atomic mass is 16.1. The Bertz CT molecular complexity index is 1080. The monoisotopic (exact) mass is 412 g/mol. The van der Waals surface area contributed by atoms with Crippen molar-refractivity contribution in [1.29, 1.82) is 0 Å². The van der Waals surface area contributed by atoms with E-state index in [0.29, 0.717) is 17.9 Å². The molecule has 1 aromatic carbocycles. The third-order valence-electron chi connectivity index (χ3n) is 5.82. The lowest BCUT2D eigenvalue weighted by Crippen LogP contribution is -2.47. The summed E-state index contributed by atoms with van der Waals surface area (Å²) in [6, 6.07) is 12.0. The molecule has 1 saturated heterocycles. The van der Waals surface area contributed by atoms with Crippen molar-refractivity contribution in [2.75, 3.05) is 36.0 Å². The lowest BCUT2D eigenvalue weighted by atomic mass is 9.86. The zero-order chi connectivity index (χ0) is 21.0. The number of allylic oxidation sites excluding steroid dienone is 1. The molecule has 0 radical (unpaired) electrons. The van der Waals surface area contributed by atoms with E-state index in [0.717, 1.165) is 49.8 Å². The predicted molar refractivity (Wildman–Crippen MR) is 120 cm³/mol. The Hall–Kier alpha value is -3.61. The van der Waals surface area contributed by atoms with E-state index in [4.69, 9.17) is 4.98 Å². The number of rotatable bonds is 4. The molecule has 5 rings (SSSR count). The lowest BCUT2D eigenvalue weighted by molar-refractivity contribution is 0.0957. The minimum atomic E-state index is 0.126. The average molecular weight is 412 g/mol. The van der Waals surface area contributed by atoms with E-state index in [1.54, 1.807) is 18.6 Å². The van der Waals surface area contributed by atoms with Gasteiger partial charge in [-0.15, -0.1) is 0 Å². The number of Topliss-reactive ketones (excluding diaryl/α,β-unsaturated/α-hetero) is 1. The van der Waals surface area contributed by atoms with Gasteiger partial charge in [0.05, 0.1) is 11.3 Å². The van der Waals surface area contributed by atoms with Crippen molar-refractivity contribution in [2.45, 2.75) is 12.8 Å². The quantitative estimate of drug-likeness (QED) is 0.652. The normalized spacial score (nSPS) is 19.0. The third kappa shape index (κ3) is 4.30. The molecule has 1 aliphatic heterocycles. The summed E-state index contributed by atoms with van der Waals surface area (Å²) in [5.41, 5.74) is 2.67. The Kier molecular flexibility index (Phi) is 5.39. The Labute approximate surface area is 181 Å². The van der Waals surface area contributed by atoms with Crippen molar-refractivity contribution in [3.8, 4) is 0 Å². The summed E-state index contributed by atoms with van der Waals surface area (Å²) in [7, 11) is 0. The van der Waals surface area contributed by atoms with Crippen molar-refractivity contribution in [3.05, 3.63) is 77.9 Å². The summed E-state index contributed by atoms with van der Waals surface area (Å²) >= 11 is 0. The van der Waals surface area contributed by atoms with E-state index in [-0.39, 0.29) is 11.7 Å². The molecule has 7 heteroatoms. The number of carbonyl (C=O) groups excluding carboxylic acids is 1. The van der Waals surface area contributed by atoms with Crippen LogP contribution in [0.2, 0.25) is 0 Å². The second-order valence-electron chi connectivity index (χ2n) is 7.91. The van der Waals surface area contributed by atoms with Crippen LogP contribution < -0.4 is 9.80 Å². The molecule has 0 N–H and O–H groups in total. The number of benzene rings is 1. The summed E-state index contributed by atoms with van der Waals surface area (Å²) in [4.78, 5) is 35.0. The molecule has 156 valence electrons. The highest BCUT2D eigenvalue weighted by molar-refractivity contribution is 5.98. The number of hydrogen-bond donors (Lipinski definition) is 0. The molecule has 3 aromatic rings. The lowest BCUT2D eigenvalue weighted by Gasteiger charge is -2.35. The Balaban J connectivity index is 1.28. The first-order valence-electron chi connectivity index (χ1n) is 10.7. The molecule has 0 spiro atoms. The molecule has 1 aliphatic carbocycles. The van der Waals surface area contributed by atoms with Crippen LogP contribution in [0.25, 0.3) is 6.08 Å². The first-order chi connectivity index (χ1) is 15.3. The summed E-state index contributed by atoms with van der Waals surface area (Å²) in [5, 5.41) is 0. The van der Waals surface area contributed by atoms with Crippen molar-refractivity contribution in [3.63, 3.8) is 0 Å². The van der Waals surface area contributed by atoms with Crippen molar-refractivity contribution in [1.82, 2.24) is 19.9 Å². The fraction of sp³-hybridized carbons (Fsp3) is 0.292. The molecule has 3 heterocycles. The second kappa shape index (κ2) is 8.63. The van der Waals surface area contributed by atoms with Gasteiger partial charge < -0.3 is 9.80 Å². The Morgan fingerprint density at radius 2 is 1.55 bits per heavy atom. The predicted octanol–water partition coefficient (Wildman–Crippen LogP) is 3.05. The standard InChI is InChI=1S/C24H24N6O/c31-22-16-19(8-7-18-5-2-1-3-6-18)15-21-20(22)17-27-24(28-21)30-13-11-29(12-14-30)23-25-9-4-10-26-23/h1-10,17,19H,11-16H2/b8-7+. The van der Waals surface area contributed by atoms with Crippen LogP contribution in [0.1, 0.15) is 28.0 Å². The molecule has 0 bridgehead atoms. The summed E-state index contributed by atoms with van der Waals surface area (Å²) in [6.45, 7) is 3.21. The number of fused-ring (bicyclic) bond motifs is 1. The molecule has 2 aromatic heterocycles. The van der Waals surface area contributed by atoms with Crippen LogP contribution in [0.5, 0.6) is 0 Å². The molecule has 31 heavy (non-hydrogen) atoms. The average Bonchev–Trinajstić information content (AvgIpc) is 2.84. The number of ketones is 1. The van der Waals surface area contributed by atoms with E-state index in [1.165, 1.54) is 0 Å². The van der Waals surface area contributed by atoms with Crippen molar-refractivity contribution in [2.24, 2.45) is 5.92 Å². The van der Waals surface area contributed by atoms with Gasteiger partial charge in [0.25, 0.3) is 0 Å². The molecule has 1 unspecified atom stereocenters. The van der Waals surface area contributed by atoms with E-state index in [9.17, 15) is 4.79 Å². The summed E-state index contributed by atoms with van der Waals surface area (Å²) in [5.74, 6) is 1.75. The van der Waals surface area contributed by atoms with Gasteiger partial charge in [0.1, 0.15) is 0 Å². The number of hydrogen-bond acceptors (Lipinski definition) is 7. The van der Waals surface area contributed by atoms with Gasteiger partial charge in [-0.05, 0) is 24.0 Å². The number of aromatic nitrogens is 4. The summed E-state index contributed by atoms with van der Waals surface area (Å²) < 4.78 is 0. The van der Waals surface area contributed by atoms with Gasteiger partial charge in [0, 0.05) is 51.2 Å². The maximum absolute atomic E-state index is 12.6. The van der Waals surface area contributed by atoms with Crippen LogP contribution in [0.3, 0.4) is 0 Å². The zero-order valence-corrected chi connectivity index (χ0v) is 17.3. The number of anilines is 2.